The summed E-state index contributed by atoms with van der Waals surface area (Å²) in [5.41, 5.74) is 0. The summed E-state index contributed by atoms with van der Waals surface area (Å²) < 4.78 is 41.6. The maximum absolute atomic E-state index is 12.2. The van der Waals surface area contributed by atoms with Gasteiger partial charge in [0, 0.05) is 14.1 Å². The number of guanidine groups is 1. The van der Waals surface area contributed by atoms with Gasteiger partial charge >= 0.3 is 6.18 Å². The number of nitrogens with zero attached hydrogens (tertiary/aromatic N) is 2. The summed E-state index contributed by atoms with van der Waals surface area (Å²) >= 11 is 0. The van der Waals surface area contributed by atoms with E-state index in [0.717, 1.165) is 0 Å². The summed E-state index contributed by atoms with van der Waals surface area (Å²) in [7, 11) is 3.10. The molecule has 1 aromatic heterocycles. The van der Waals surface area contributed by atoms with Crippen LogP contribution in [0.4, 0.5) is 13.2 Å². The third kappa shape index (κ3) is 5.99. The Kier molecular flexibility index (Phi) is 7.94. The topological polar surface area (TPSA) is 61.0 Å². The van der Waals surface area contributed by atoms with Crippen LogP contribution in [0.15, 0.2) is 27.8 Å². The molecule has 116 valence electrons. The van der Waals surface area contributed by atoms with E-state index in [1.165, 1.54) is 13.3 Å². The molecule has 0 saturated heterocycles. The van der Waals surface area contributed by atoms with Gasteiger partial charge in [0.2, 0.25) is 0 Å². The highest BCUT2D eigenvalue weighted by Crippen LogP contribution is 2.19. The molecule has 1 heterocycles. The lowest BCUT2D eigenvalue weighted by Crippen LogP contribution is -2.45. The Morgan fingerprint density at radius 2 is 2.20 bits per heavy atom. The van der Waals surface area contributed by atoms with Crippen LogP contribution in [0, 0.1) is 0 Å². The molecule has 0 aromatic carbocycles. The summed E-state index contributed by atoms with van der Waals surface area (Å²) in [6, 6.07) is 3.46. The van der Waals surface area contributed by atoms with E-state index in [1.807, 2.05) is 0 Å². The van der Waals surface area contributed by atoms with E-state index in [4.69, 9.17) is 9.52 Å². The Hall–Kier alpha value is -0.970. The fourth-order valence-corrected chi connectivity index (χ4v) is 1.40. The van der Waals surface area contributed by atoms with Crippen LogP contribution in [0.25, 0.3) is 0 Å². The number of hydrogen-bond donors (Lipinski definition) is 2. The van der Waals surface area contributed by atoms with Gasteiger partial charge in [0.05, 0.1) is 19.4 Å². The van der Waals surface area contributed by atoms with Crippen molar-refractivity contribution in [3.05, 3.63) is 24.2 Å². The summed E-state index contributed by atoms with van der Waals surface area (Å²) in [4.78, 5) is 5.42. The number of aliphatic hydroxyl groups is 1. The molecule has 0 saturated carbocycles. The van der Waals surface area contributed by atoms with E-state index in [0.29, 0.717) is 12.3 Å². The van der Waals surface area contributed by atoms with Crippen LogP contribution < -0.4 is 5.32 Å². The third-order valence-corrected chi connectivity index (χ3v) is 2.38. The average Bonchev–Trinajstić information content (AvgIpc) is 2.81. The molecule has 1 unspecified atom stereocenters. The lowest BCUT2D eigenvalue weighted by Gasteiger charge is -2.23. The van der Waals surface area contributed by atoms with Crippen molar-refractivity contribution in [3.63, 3.8) is 0 Å². The summed E-state index contributed by atoms with van der Waals surface area (Å²) in [5, 5.41) is 11.3. The zero-order chi connectivity index (χ0) is 14.5. The average molecular weight is 407 g/mol. The quantitative estimate of drug-likeness (QED) is 0.455. The van der Waals surface area contributed by atoms with Gasteiger partial charge < -0.3 is 19.7 Å². The minimum atomic E-state index is -4.65. The zero-order valence-electron chi connectivity index (χ0n) is 11.0. The Morgan fingerprint density at radius 1 is 1.55 bits per heavy atom. The molecule has 0 aliphatic heterocycles. The van der Waals surface area contributed by atoms with Gasteiger partial charge in [0.15, 0.2) is 12.1 Å². The van der Waals surface area contributed by atoms with Crippen LogP contribution in [-0.2, 0) is 6.54 Å². The Labute approximate surface area is 131 Å². The maximum atomic E-state index is 12.2. The zero-order valence-corrected chi connectivity index (χ0v) is 13.3. The lowest BCUT2D eigenvalue weighted by atomic mass is 10.3. The molecule has 0 radical (unpaired) electrons. The standard InChI is InChI=1S/C11H16F3N3O2.HI/c1-15-10(16-6-9(18)11(12,13)14)17(2)7-8-4-3-5-19-8;/h3-5,9,18H,6-7H2,1-2H3,(H,15,16);1H. The second-order valence-corrected chi connectivity index (χ2v) is 3.92. The predicted molar refractivity (Wildman–Crippen MR) is 79.0 cm³/mol. The van der Waals surface area contributed by atoms with E-state index < -0.39 is 18.8 Å². The Morgan fingerprint density at radius 3 is 2.65 bits per heavy atom. The van der Waals surface area contributed by atoms with Crippen LogP contribution in [-0.4, -0.2) is 48.9 Å². The second kappa shape index (κ2) is 8.35. The van der Waals surface area contributed by atoms with Crippen molar-refractivity contribution in [2.45, 2.75) is 18.8 Å². The van der Waals surface area contributed by atoms with Crippen molar-refractivity contribution in [2.75, 3.05) is 20.6 Å². The molecule has 1 atom stereocenters. The fourth-order valence-electron chi connectivity index (χ4n) is 1.40. The van der Waals surface area contributed by atoms with E-state index in [1.54, 1.807) is 24.1 Å². The molecule has 20 heavy (non-hydrogen) atoms. The van der Waals surface area contributed by atoms with E-state index in [2.05, 4.69) is 10.3 Å². The second-order valence-electron chi connectivity index (χ2n) is 3.92. The van der Waals surface area contributed by atoms with Gasteiger partial charge in [0.1, 0.15) is 5.76 Å². The Bertz CT molecular complexity index is 410. The molecule has 1 rings (SSSR count). The van der Waals surface area contributed by atoms with Gasteiger partial charge in [0.25, 0.3) is 0 Å². The van der Waals surface area contributed by atoms with E-state index >= 15 is 0 Å². The number of furan rings is 1. The van der Waals surface area contributed by atoms with E-state index in [-0.39, 0.29) is 29.9 Å². The smallest absolute Gasteiger partial charge is 0.416 e. The molecule has 0 bridgehead atoms. The number of alkyl halides is 3. The predicted octanol–water partition coefficient (Wildman–Crippen LogP) is 1.83. The van der Waals surface area contributed by atoms with Gasteiger partial charge in [-0.25, -0.2) is 0 Å². The van der Waals surface area contributed by atoms with Gasteiger partial charge in [-0.05, 0) is 12.1 Å². The molecule has 0 aliphatic carbocycles. The lowest BCUT2D eigenvalue weighted by molar-refractivity contribution is -0.201. The molecule has 0 aliphatic rings. The normalized spacial score (nSPS) is 13.6. The third-order valence-electron chi connectivity index (χ3n) is 2.38. The van der Waals surface area contributed by atoms with Gasteiger partial charge in [-0.1, -0.05) is 0 Å². The van der Waals surface area contributed by atoms with Crippen molar-refractivity contribution in [1.82, 2.24) is 10.2 Å². The number of nitrogens with one attached hydrogen (secondary N) is 1. The van der Waals surface area contributed by atoms with Crippen LogP contribution in [0.1, 0.15) is 5.76 Å². The highest BCUT2D eigenvalue weighted by molar-refractivity contribution is 14.0. The first kappa shape index (κ1) is 19.0. The van der Waals surface area contributed by atoms with Gasteiger partial charge in [-0.2, -0.15) is 13.2 Å². The van der Waals surface area contributed by atoms with Gasteiger partial charge in [-0.3, -0.25) is 4.99 Å². The monoisotopic (exact) mass is 407 g/mol. The molecule has 1 aromatic rings. The first-order valence-electron chi connectivity index (χ1n) is 5.53. The minimum Gasteiger partial charge on any atom is -0.467 e. The SMILES string of the molecule is CN=C(NCC(O)C(F)(F)F)N(C)Cc1ccco1.I. The number of aliphatic imine (C=N–C) groups is 1. The molecular formula is C11H17F3IN3O2. The van der Waals surface area contributed by atoms with E-state index in [9.17, 15) is 13.2 Å². The number of aliphatic hydroxyl groups excluding tert-OH is 1. The summed E-state index contributed by atoms with van der Waals surface area (Å²) in [5.74, 6) is 0.890. The van der Waals surface area contributed by atoms with Crippen molar-refractivity contribution in [2.24, 2.45) is 4.99 Å². The van der Waals surface area contributed by atoms with Crippen LogP contribution in [0.3, 0.4) is 0 Å². The molecule has 0 spiro atoms. The molecule has 9 heteroatoms. The van der Waals surface area contributed by atoms with Crippen LogP contribution in [0.2, 0.25) is 0 Å². The van der Waals surface area contributed by atoms with Crippen molar-refractivity contribution in [3.8, 4) is 0 Å². The minimum absolute atomic E-state index is 0. The highest BCUT2D eigenvalue weighted by atomic mass is 127. The molecule has 2 N–H and O–H groups in total. The number of rotatable bonds is 4. The maximum Gasteiger partial charge on any atom is 0.416 e. The van der Waals surface area contributed by atoms with Crippen LogP contribution >= 0.6 is 24.0 Å². The van der Waals surface area contributed by atoms with Gasteiger partial charge in [-0.15, -0.1) is 24.0 Å². The summed E-state index contributed by atoms with van der Waals surface area (Å²) in [6.07, 6.45) is -5.57. The van der Waals surface area contributed by atoms with Crippen molar-refractivity contribution >= 4 is 29.9 Å². The molecule has 5 nitrogen and oxygen atoms in total. The summed E-state index contributed by atoms with van der Waals surface area (Å²) in [6.45, 7) is -0.298. The Balaban J connectivity index is 0.00000361. The first-order valence-corrected chi connectivity index (χ1v) is 5.53. The number of hydrogen-bond acceptors (Lipinski definition) is 3. The number of halogens is 4. The first-order chi connectivity index (χ1) is 8.84. The molecule has 0 fully saturated rings. The highest BCUT2D eigenvalue weighted by Gasteiger charge is 2.38. The van der Waals surface area contributed by atoms with Crippen LogP contribution in [0.5, 0.6) is 0 Å². The van der Waals surface area contributed by atoms with Crippen molar-refractivity contribution < 1.29 is 22.7 Å². The largest absolute Gasteiger partial charge is 0.467 e. The fraction of sp³-hybridized carbons (Fsp3) is 0.545. The molecular weight excluding hydrogens is 390 g/mol. The van der Waals surface area contributed by atoms with Crippen molar-refractivity contribution in [1.29, 1.82) is 0 Å². The molecule has 0 amide bonds.